The maximum Gasteiger partial charge on any atom is 0.256 e. The van der Waals surface area contributed by atoms with Gasteiger partial charge in [-0.2, -0.15) is 0 Å². The van der Waals surface area contributed by atoms with Gasteiger partial charge in [-0.15, -0.1) is 0 Å². The number of anilines is 2. The van der Waals surface area contributed by atoms with Crippen LogP contribution >= 0.6 is 0 Å². The van der Waals surface area contributed by atoms with E-state index in [1.807, 2.05) is 37.1 Å². The van der Waals surface area contributed by atoms with Crippen LogP contribution in [0.5, 0.6) is 23.1 Å². The van der Waals surface area contributed by atoms with Crippen molar-refractivity contribution in [2.24, 2.45) is 0 Å². The monoisotopic (exact) mass is 544 g/mol. The number of ether oxygens (including phenoxy) is 3. The van der Waals surface area contributed by atoms with E-state index in [1.165, 1.54) is 32.7 Å². The van der Waals surface area contributed by atoms with E-state index in [1.54, 1.807) is 19.1 Å². The Kier molecular flexibility index (Phi) is 7.27. The third-order valence-electron chi connectivity index (χ3n) is 7.07. The molecule has 1 aliphatic rings. The average Bonchev–Trinajstić information content (AvgIpc) is 2.96. The first-order chi connectivity index (χ1) is 19.2. The van der Waals surface area contributed by atoms with E-state index in [4.69, 9.17) is 14.2 Å². The number of aryl methyl sites for hydroxylation is 1. The molecular weight excluding hydrogens is 515 g/mol. The van der Waals surface area contributed by atoms with Crippen molar-refractivity contribution in [3.63, 3.8) is 0 Å². The number of aromatic nitrogens is 2. The van der Waals surface area contributed by atoms with Crippen molar-refractivity contribution in [3.8, 4) is 23.1 Å². The number of methoxy groups -OCH3 is 2. The van der Waals surface area contributed by atoms with E-state index >= 15 is 4.39 Å². The van der Waals surface area contributed by atoms with Crippen molar-refractivity contribution < 1.29 is 28.5 Å². The molecule has 5 rings (SSSR count). The minimum atomic E-state index is -1.12. The summed E-state index contributed by atoms with van der Waals surface area (Å²) < 4.78 is 31.6. The maximum absolute atomic E-state index is 15.2. The van der Waals surface area contributed by atoms with E-state index in [-0.39, 0.29) is 22.9 Å². The lowest BCUT2D eigenvalue weighted by atomic mass is 9.91. The van der Waals surface area contributed by atoms with Crippen LogP contribution < -0.4 is 24.4 Å². The molecule has 40 heavy (non-hydrogen) atoms. The summed E-state index contributed by atoms with van der Waals surface area (Å²) in [4.78, 5) is 23.5. The Bertz CT molecular complexity index is 1660. The highest BCUT2D eigenvalue weighted by Gasteiger charge is 2.32. The summed E-state index contributed by atoms with van der Waals surface area (Å²) in [6.07, 6.45) is 0.987. The summed E-state index contributed by atoms with van der Waals surface area (Å²) in [5.74, 6) is -0.278. The highest BCUT2D eigenvalue weighted by atomic mass is 19.1. The molecule has 0 saturated carbocycles. The largest absolute Gasteiger partial charge is 0.493 e. The second kappa shape index (κ2) is 10.8. The smallest absolute Gasteiger partial charge is 0.256 e. The first-order valence-corrected chi connectivity index (χ1v) is 12.7. The molecule has 0 fully saturated rings. The second-order valence-electron chi connectivity index (χ2n) is 9.31. The van der Waals surface area contributed by atoms with Crippen LogP contribution in [0.25, 0.3) is 10.9 Å². The number of rotatable bonds is 7. The van der Waals surface area contributed by atoms with Crippen molar-refractivity contribution in [3.05, 3.63) is 83.1 Å². The lowest BCUT2D eigenvalue weighted by molar-refractivity contribution is -0.113. The van der Waals surface area contributed by atoms with Gasteiger partial charge in [-0.1, -0.05) is 19.1 Å². The Hall–Kier alpha value is -4.70. The normalized spacial score (nSPS) is 14.7. The van der Waals surface area contributed by atoms with Gasteiger partial charge in [0, 0.05) is 41.8 Å². The maximum atomic E-state index is 15.2. The van der Waals surface area contributed by atoms with Crippen LogP contribution in [0.4, 0.5) is 15.8 Å². The Labute approximate surface area is 230 Å². The molecule has 1 unspecified atom stereocenters. The second-order valence-corrected chi connectivity index (χ2v) is 9.31. The minimum Gasteiger partial charge on any atom is -0.493 e. The van der Waals surface area contributed by atoms with Gasteiger partial charge in [0.1, 0.15) is 12.4 Å². The Morgan fingerprint density at radius 1 is 1.05 bits per heavy atom. The molecule has 10 heteroatoms. The van der Waals surface area contributed by atoms with Gasteiger partial charge in [-0.25, -0.2) is 14.4 Å². The number of carbonyl (C=O) groups excluding carboxylic acids is 1. The van der Waals surface area contributed by atoms with Gasteiger partial charge in [0.05, 0.1) is 30.7 Å². The van der Waals surface area contributed by atoms with Gasteiger partial charge in [0.2, 0.25) is 5.88 Å². The number of halogens is 1. The molecule has 1 aromatic heterocycles. The molecule has 0 radical (unpaired) electrons. The number of hydrogen-bond donors (Lipinski definition) is 2. The highest BCUT2D eigenvalue weighted by Crippen LogP contribution is 2.40. The number of carbonyl (C=O) groups is 1. The van der Waals surface area contributed by atoms with Crippen LogP contribution in [0.2, 0.25) is 0 Å². The van der Waals surface area contributed by atoms with E-state index in [9.17, 15) is 9.90 Å². The van der Waals surface area contributed by atoms with Crippen molar-refractivity contribution in [2.75, 3.05) is 31.5 Å². The fourth-order valence-electron chi connectivity index (χ4n) is 4.76. The predicted molar refractivity (Wildman–Crippen MR) is 150 cm³/mol. The van der Waals surface area contributed by atoms with Crippen LogP contribution in [-0.2, 0) is 11.2 Å². The Morgan fingerprint density at radius 2 is 1.80 bits per heavy atom. The standard InChI is InChI=1S/C30H29FN4O5/c1-6-17-7-9-23-20(11-17)28(36)27(16(2)35(23)3)29(37)34-18-8-10-24(21(31)12-18)40-30-19-13-25(38-4)26(39-5)14-22(19)32-15-33-30/h7-15,28,36H,6H2,1-5H3,(H,34,37). The van der Waals surface area contributed by atoms with Crippen LogP contribution in [0.3, 0.4) is 0 Å². The highest BCUT2D eigenvalue weighted by molar-refractivity contribution is 6.06. The number of nitrogens with one attached hydrogen (secondary N) is 1. The lowest BCUT2D eigenvalue weighted by Crippen LogP contribution is -2.31. The number of aliphatic hydroxyl groups is 1. The van der Waals surface area contributed by atoms with Crippen LogP contribution in [0.1, 0.15) is 31.1 Å². The van der Waals surface area contributed by atoms with Crippen molar-refractivity contribution >= 4 is 28.2 Å². The van der Waals surface area contributed by atoms with Crippen LogP contribution in [0.15, 0.2) is 66.1 Å². The Morgan fingerprint density at radius 3 is 2.50 bits per heavy atom. The van der Waals surface area contributed by atoms with Gasteiger partial charge in [-0.05, 0) is 43.2 Å². The number of fused-ring (bicyclic) bond motifs is 2. The molecule has 206 valence electrons. The number of aliphatic hydroxyl groups excluding tert-OH is 1. The Balaban J connectivity index is 1.39. The summed E-state index contributed by atoms with van der Waals surface area (Å²) in [7, 11) is 4.86. The number of amides is 1. The SMILES string of the molecule is CCc1ccc2c(c1)C(O)C(C(=O)Nc1ccc(Oc3ncnc4cc(OC)c(OC)cc34)c(F)c1)=C(C)N2C. The molecule has 1 atom stereocenters. The molecule has 0 aliphatic carbocycles. The van der Waals surface area contributed by atoms with E-state index < -0.39 is 17.8 Å². The van der Waals surface area contributed by atoms with E-state index in [2.05, 4.69) is 15.3 Å². The van der Waals surface area contributed by atoms with Crippen LogP contribution in [-0.4, -0.2) is 42.2 Å². The topological polar surface area (TPSA) is 106 Å². The number of nitrogens with zero attached hydrogens (tertiary/aromatic N) is 3. The van der Waals surface area contributed by atoms with Crippen molar-refractivity contribution in [2.45, 2.75) is 26.4 Å². The van der Waals surface area contributed by atoms with Crippen molar-refractivity contribution in [1.82, 2.24) is 9.97 Å². The predicted octanol–water partition coefficient (Wildman–Crippen LogP) is 5.54. The lowest BCUT2D eigenvalue weighted by Gasteiger charge is -2.34. The van der Waals surface area contributed by atoms with Gasteiger partial charge >= 0.3 is 0 Å². The zero-order valence-electron chi connectivity index (χ0n) is 22.8. The third kappa shape index (κ3) is 4.77. The summed E-state index contributed by atoms with van der Waals surface area (Å²) >= 11 is 0. The van der Waals surface area contributed by atoms with E-state index in [0.29, 0.717) is 33.7 Å². The summed E-state index contributed by atoms with van der Waals surface area (Å²) in [6, 6.07) is 13.2. The molecule has 0 saturated heterocycles. The molecule has 1 amide bonds. The summed E-state index contributed by atoms with van der Waals surface area (Å²) in [5.41, 5.74) is 4.07. The molecule has 3 aromatic carbocycles. The number of allylic oxidation sites excluding steroid dienone is 1. The van der Waals surface area contributed by atoms with Gasteiger partial charge in [0.15, 0.2) is 23.1 Å². The first-order valence-electron chi connectivity index (χ1n) is 12.7. The molecule has 0 spiro atoms. The van der Waals surface area contributed by atoms with E-state index in [0.717, 1.165) is 23.7 Å². The molecule has 4 aromatic rings. The minimum absolute atomic E-state index is 0.0957. The quantitative estimate of drug-likeness (QED) is 0.313. The number of benzene rings is 3. The number of hydrogen-bond acceptors (Lipinski definition) is 8. The first kappa shape index (κ1) is 26.9. The van der Waals surface area contributed by atoms with Crippen LogP contribution in [0, 0.1) is 5.82 Å². The molecule has 1 aliphatic heterocycles. The molecule has 9 nitrogen and oxygen atoms in total. The van der Waals surface area contributed by atoms with Crippen molar-refractivity contribution in [1.29, 1.82) is 0 Å². The fourth-order valence-corrected chi connectivity index (χ4v) is 4.76. The average molecular weight is 545 g/mol. The molecule has 2 N–H and O–H groups in total. The van der Waals surface area contributed by atoms with Gasteiger partial charge < -0.3 is 29.5 Å². The zero-order valence-corrected chi connectivity index (χ0v) is 22.8. The molecular formula is C30H29FN4O5. The molecule has 2 heterocycles. The summed E-state index contributed by atoms with van der Waals surface area (Å²) in [5, 5.41) is 14.3. The fraction of sp³-hybridized carbons (Fsp3) is 0.233. The zero-order chi connectivity index (χ0) is 28.6. The molecule has 0 bridgehead atoms. The third-order valence-corrected chi connectivity index (χ3v) is 7.07. The summed E-state index contributed by atoms with van der Waals surface area (Å²) in [6.45, 7) is 3.79. The van der Waals surface area contributed by atoms with Gasteiger partial charge in [-0.3, -0.25) is 4.79 Å². The van der Waals surface area contributed by atoms with Gasteiger partial charge in [0.25, 0.3) is 5.91 Å².